The minimum absolute atomic E-state index is 0.0488. The highest BCUT2D eigenvalue weighted by Gasteiger charge is 2.23. The minimum atomic E-state index is -0.999. The maximum atomic E-state index is 13.5. The predicted molar refractivity (Wildman–Crippen MR) is 68.2 cm³/mol. The molecule has 1 saturated heterocycles. The second kappa shape index (κ2) is 5.16. The van der Waals surface area contributed by atoms with Crippen molar-refractivity contribution in [3.63, 3.8) is 0 Å². The van der Waals surface area contributed by atoms with Gasteiger partial charge in [0.1, 0.15) is 5.52 Å². The summed E-state index contributed by atoms with van der Waals surface area (Å²) in [5, 5.41) is 9.24. The molecule has 0 unspecified atom stereocenters. The molecule has 20 heavy (non-hydrogen) atoms. The maximum absolute atomic E-state index is 13.5. The predicted octanol–water partition coefficient (Wildman–Crippen LogP) is 2.21. The van der Waals surface area contributed by atoms with E-state index in [0.29, 0.717) is 31.4 Å². The number of halogens is 2. The van der Waals surface area contributed by atoms with Crippen molar-refractivity contribution in [2.45, 2.75) is 12.8 Å². The van der Waals surface area contributed by atoms with Gasteiger partial charge in [0.2, 0.25) is 5.91 Å². The Morgan fingerprint density at radius 1 is 1.35 bits per heavy atom. The van der Waals surface area contributed by atoms with Gasteiger partial charge in [-0.25, -0.2) is 8.78 Å². The number of carbonyl (C=O) groups is 1. The number of hydrogen-bond donors (Lipinski definition) is 2. The van der Waals surface area contributed by atoms with Crippen LogP contribution >= 0.6 is 0 Å². The van der Waals surface area contributed by atoms with Gasteiger partial charge in [-0.1, -0.05) is 0 Å². The highest BCUT2D eigenvalue weighted by atomic mass is 19.2. The van der Waals surface area contributed by atoms with Gasteiger partial charge in [-0.05, 0) is 25.0 Å². The van der Waals surface area contributed by atoms with Gasteiger partial charge in [-0.2, -0.15) is 5.10 Å². The van der Waals surface area contributed by atoms with Crippen molar-refractivity contribution in [2.24, 2.45) is 5.92 Å². The molecular weight excluding hydrogens is 268 g/mol. The summed E-state index contributed by atoms with van der Waals surface area (Å²) in [6.45, 7) is 1.11. The Morgan fingerprint density at radius 2 is 2.10 bits per heavy atom. The van der Waals surface area contributed by atoms with Crippen LogP contribution in [0, 0.1) is 17.6 Å². The summed E-state index contributed by atoms with van der Waals surface area (Å²) in [6, 6.07) is 2.40. The molecule has 106 valence electrons. The van der Waals surface area contributed by atoms with Crippen molar-refractivity contribution in [3.05, 3.63) is 23.8 Å². The lowest BCUT2D eigenvalue weighted by Gasteiger charge is -2.20. The quantitative estimate of drug-likeness (QED) is 0.886. The monoisotopic (exact) mass is 281 g/mol. The van der Waals surface area contributed by atoms with E-state index in [2.05, 4.69) is 15.5 Å². The number of rotatable bonds is 2. The van der Waals surface area contributed by atoms with E-state index in [4.69, 9.17) is 4.74 Å². The van der Waals surface area contributed by atoms with E-state index in [0.717, 1.165) is 6.07 Å². The zero-order valence-corrected chi connectivity index (χ0v) is 10.6. The SMILES string of the molecule is O=C(Nc1n[nH]c2c(F)c(F)ccc12)C1CCOCC1. The molecule has 1 fully saturated rings. The van der Waals surface area contributed by atoms with Gasteiger partial charge in [0, 0.05) is 24.5 Å². The van der Waals surface area contributed by atoms with E-state index in [1.54, 1.807) is 0 Å². The van der Waals surface area contributed by atoms with Crippen molar-refractivity contribution in [3.8, 4) is 0 Å². The number of ether oxygens (including phenoxy) is 1. The molecule has 0 spiro atoms. The topological polar surface area (TPSA) is 67.0 Å². The molecule has 0 saturated carbocycles. The Balaban J connectivity index is 1.84. The van der Waals surface area contributed by atoms with Crippen LogP contribution < -0.4 is 5.32 Å². The van der Waals surface area contributed by atoms with E-state index in [-0.39, 0.29) is 23.2 Å². The summed E-state index contributed by atoms with van der Waals surface area (Å²) < 4.78 is 31.8. The molecule has 0 aliphatic carbocycles. The lowest BCUT2D eigenvalue weighted by molar-refractivity contribution is -0.122. The molecule has 5 nitrogen and oxygen atoms in total. The first-order valence-electron chi connectivity index (χ1n) is 6.37. The molecule has 1 aliphatic rings. The van der Waals surface area contributed by atoms with Crippen LogP contribution in [0.4, 0.5) is 14.6 Å². The molecule has 2 heterocycles. The second-order valence-corrected chi connectivity index (χ2v) is 4.73. The van der Waals surface area contributed by atoms with Gasteiger partial charge in [0.15, 0.2) is 17.5 Å². The molecule has 1 aromatic heterocycles. The van der Waals surface area contributed by atoms with Gasteiger partial charge in [-0.15, -0.1) is 0 Å². The van der Waals surface area contributed by atoms with Crippen molar-refractivity contribution >= 4 is 22.6 Å². The van der Waals surface area contributed by atoms with E-state index < -0.39 is 11.6 Å². The third-order valence-corrected chi connectivity index (χ3v) is 3.46. The van der Waals surface area contributed by atoms with Crippen LogP contribution in [0.2, 0.25) is 0 Å². The Morgan fingerprint density at radius 3 is 2.85 bits per heavy atom. The first kappa shape index (κ1) is 13.0. The number of hydrogen-bond acceptors (Lipinski definition) is 3. The van der Waals surface area contributed by atoms with Gasteiger partial charge >= 0.3 is 0 Å². The standard InChI is InChI=1S/C13H13F2N3O2/c14-9-2-1-8-11(10(9)15)17-18-12(8)16-13(19)7-3-5-20-6-4-7/h1-2,7H,3-6H2,(H2,16,17,18,19). The van der Waals surface area contributed by atoms with Crippen LogP contribution in [0.3, 0.4) is 0 Å². The highest BCUT2D eigenvalue weighted by Crippen LogP contribution is 2.25. The number of amides is 1. The molecule has 7 heteroatoms. The van der Waals surface area contributed by atoms with Crippen molar-refractivity contribution < 1.29 is 18.3 Å². The molecule has 0 atom stereocenters. The molecule has 1 amide bonds. The van der Waals surface area contributed by atoms with E-state index in [1.165, 1.54) is 6.07 Å². The molecule has 1 aromatic carbocycles. The second-order valence-electron chi connectivity index (χ2n) is 4.73. The molecule has 2 N–H and O–H groups in total. The molecule has 3 rings (SSSR count). The van der Waals surface area contributed by atoms with Gasteiger partial charge in [-0.3, -0.25) is 9.89 Å². The minimum Gasteiger partial charge on any atom is -0.381 e. The Labute approximate surface area is 113 Å². The van der Waals surface area contributed by atoms with Crippen LogP contribution in [0.25, 0.3) is 10.9 Å². The van der Waals surface area contributed by atoms with E-state index in [9.17, 15) is 13.6 Å². The summed E-state index contributed by atoms with van der Waals surface area (Å²) in [5.41, 5.74) is -0.0488. The largest absolute Gasteiger partial charge is 0.381 e. The first-order chi connectivity index (χ1) is 9.66. The molecular formula is C13H13F2N3O2. The number of nitrogens with zero attached hydrogens (tertiary/aromatic N) is 1. The molecule has 1 aliphatic heterocycles. The zero-order chi connectivity index (χ0) is 14.1. The third kappa shape index (κ3) is 2.24. The maximum Gasteiger partial charge on any atom is 0.228 e. The fraction of sp³-hybridized carbons (Fsp3) is 0.385. The lowest BCUT2D eigenvalue weighted by atomic mass is 9.99. The van der Waals surface area contributed by atoms with Crippen LogP contribution in [0.1, 0.15) is 12.8 Å². The average molecular weight is 281 g/mol. The van der Waals surface area contributed by atoms with Crippen LogP contribution in [0.15, 0.2) is 12.1 Å². The van der Waals surface area contributed by atoms with E-state index in [1.807, 2.05) is 0 Å². The number of fused-ring (bicyclic) bond motifs is 1. The van der Waals surface area contributed by atoms with Crippen molar-refractivity contribution in [1.29, 1.82) is 0 Å². The highest BCUT2D eigenvalue weighted by molar-refractivity contribution is 6.00. The number of carbonyl (C=O) groups excluding carboxylic acids is 1. The number of H-pyrrole nitrogens is 1. The Bertz CT molecular complexity index is 650. The smallest absolute Gasteiger partial charge is 0.228 e. The first-order valence-corrected chi connectivity index (χ1v) is 6.37. The van der Waals surface area contributed by atoms with Gasteiger partial charge < -0.3 is 10.1 Å². The molecule has 0 radical (unpaired) electrons. The van der Waals surface area contributed by atoms with Crippen molar-refractivity contribution in [2.75, 3.05) is 18.5 Å². The van der Waals surface area contributed by atoms with Crippen molar-refractivity contribution in [1.82, 2.24) is 10.2 Å². The number of anilines is 1. The Hall–Kier alpha value is -2.02. The van der Waals surface area contributed by atoms with Crippen LogP contribution in [-0.2, 0) is 9.53 Å². The summed E-state index contributed by atoms with van der Waals surface area (Å²) in [4.78, 5) is 12.1. The fourth-order valence-corrected chi connectivity index (χ4v) is 2.30. The average Bonchev–Trinajstić information content (AvgIpc) is 2.87. The molecule has 2 aromatic rings. The fourth-order valence-electron chi connectivity index (χ4n) is 2.30. The summed E-state index contributed by atoms with van der Waals surface area (Å²) in [6.07, 6.45) is 1.30. The van der Waals surface area contributed by atoms with E-state index >= 15 is 0 Å². The summed E-state index contributed by atoms with van der Waals surface area (Å²) in [5.74, 6) is -2.05. The summed E-state index contributed by atoms with van der Waals surface area (Å²) in [7, 11) is 0. The zero-order valence-electron chi connectivity index (χ0n) is 10.6. The van der Waals surface area contributed by atoms with Gasteiger partial charge in [0.05, 0.1) is 0 Å². The Kier molecular flexibility index (Phi) is 3.35. The van der Waals surface area contributed by atoms with Crippen LogP contribution in [0.5, 0.6) is 0 Å². The number of benzene rings is 1. The van der Waals surface area contributed by atoms with Gasteiger partial charge in [0.25, 0.3) is 0 Å². The number of aromatic nitrogens is 2. The number of nitrogens with one attached hydrogen (secondary N) is 2. The number of aromatic amines is 1. The lowest BCUT2D eigenvalue weighted by Crippen LogP contribution is -2.28. The normalized spacial score (nSPS) is 16.5. The van der Waals surface area contributed by atoms with Crippen LogP contribution in [-0.4, -0.2) is 29.3 Å². The summed E-state index contributed by atoms with van der Waals surface area (Å²) >= 11 is 0. The molecule has 0 bridgehead atoms. The third-order valence-electron chi connectivity index (χ3n) is 3.46.